The molecule has 0 unspecified atom stereocenters. The molecule has 0 spiro atoms. The third-order valence-electron chi connectivity index (χ3n) is 5.96. The highest BCUT2D eigenvalue weighted by atomic mass is 32.1. The summed E-state index contributed by atoms with van der Waals surface area (Å²) in [5.74, 6) is -2.18. The van der Waals surface area contributed by atoms with Crippen LogP contribution < -0.4 is 10.6 Å². The Morgan fingerprint density at radius 1 is 1.19 bits per heavy atom. The number of benzene rings is 1. The van der Waals surface area contributed by atoms with Crippen molar-refractivity contribution in [2.75, 3.05) is 6.54 Å². The highest BCUT2D eigenvalue weighted by Crippen LogP contribution is 2.42. The fourth-order valence-electron chi connectivity index (χ4n) is 4.48. The molecule has 168 valence electrons. The Morgan fingerprint density at radius 3 is 2.72 bits per heavy atom. The standard InChI is InChI=1S/C23H25N3O5S/c27-19-8-4-7-17-21-15(9-10-32-21)12-18(26(17)19)23(31)25-16(22(30)24-13-20(28)29)11-14-5-2-1-3-6-14/h1-3,5-6,9-10,16-18H,4,7-8,11-13H2,(H,24,30)(H,25,31)(H,28,29)/t16-,17+,18-/m0/s1. The first-order valence-electron chi connectivity index (χ1n) is 10.6. The number of fused-ring (bicyclic) bond motifs is 3. The number of carboxylic acid groups (broad SMARTS) is 1. The Bertz CT molecular complexity index is 1020. The van der Waals surface area contributed by atoms with Crippen molar-refractivity contribution in [1.82, 2.24) is 15.5 Å². The lowest BCUT2D eigenvalue weighted by molar-refractivity contribution is -0.147. The van der Waals surface area contributed by atoms with Crippen molar-refractivity contribution < 1.29 is 24.3 Å². The number of aliphatic carboxylic acids is 1. The van der Waals surface area contributed by atoms with E-state index < -0.39 is 36.4 Å². The van der Waals surface area contributed by atoms with Crippen LogP contribution in [0.4, 0.5) is 0 Å². The van der Waals surface area contributed by atoms with Gasteiger partial charge >= 0.3 is 5.97 Å². The molecule has 1 aromatic carbocycles. The van der Waals surface area contributed by atoms with Gasteiger partial charge in [-0.2, -0.15) is 0 Å². The van der Waals surface area contributed by atoms with E-state index in [4.69, 9.17) is 5.11 Å². The normalized spacial score (nSPS) is 20.6. The lowest BCUT2D eigenvalue weighted by atomic mass is 9.88. The number of nitrogens with one attached hydrogen (secondary N) is 2. The summed E-state index contributed by atoms with van der Waals surface area (Å²) in [6, 6.07) is 9.44. The van der Waals surface area contributed by atoms with E-state index in [0.29, 0.717) is 12.8 Å². The van der Waals surface area contributed by atoms with E-state index in [9.17, 15) is 19.2 Å². The van der Waals surface area contributed by atoms with Crippen molar-refractivity contribution in [3.05, 3.63) is 57.8 Å². The van der Waals surface area contributed by atoms with E-state index >= 15 is 0 Å². The summed E-state index contributed by atoms with van der Waals surface area (Å²) in [6.45, 7) is -0.533. The van der Waals surface area contributed by atoms with Gasteiger partial charge in [0.05, 0.1) is 6.04 Å². The number of rotatable bonds is 7. The summed E-state index contributed by atoms with van der Waals surface area (Å²) < 4.78 is 0. The first kappa shape index (κ1) is 22.0. The van der Waals surface area contributed by atoms with E-state index in [0.717, 1.165) is 28.8 Å². The molecule has 1 fully saturated rings. The maximum Gasteiger partial charge on any atom is 0.322 e. The number of carbonyl (C=O) groups is 4. The second-order valence-corrected chi connectivity index (χ2v) is 9.05. The summed E-state index contributed by atoms with van der Waals surface area (Å²) in [5.41, 5.74) is 1.90. The SMILES string of the molecule is O=C(O)CNC(=O)[C@H](Cc1ccccc1)NC(=O)[C@@H]1Cc2ccsc2[C@H]2CCCC(=O)N21. The number of thiophene rings is 1. The fourth-order valence-corrected chi connectivity index (χ4v) is 5.55. The minimum absolute atomic E-state index is 0.0459. The van der Waals surface area contributed by atoms with E-state index in [1.54, 1.807) is 16.2 Å². The molecule has 0 radical (unpaired) electrons. The van der Waals surface area contributed by atoms with Crippen LogP contribution in [0, 0.1) is 0 Å². The van der Waals surface area contributed by atoms with Crippen molar-refractivity contribution >= 4 is 35.0 Å². The molecule has 3 atom stereocenters. The number of piperidine rings is 1. The molecule has 9 heteroatoms. The zero-order valence-electron chi connectivity index (χ0n) is 17.5. The maximum absolute atomic E-state index is 13.4. The summed E-state index contributed by atoms with van der Waals surface area (Å²) in [5, 5.41) is 16.0. The maximum atomic E-state index is 13.4. The van der Waals surface area contributed by atoms with Crippen molar-refractivity contribution in [3.8, 4) is 0 Å². The third kappa shape index (κ3) is 4.67. The summed E-state index contributed by atoms with van der Waals surface area (Å²) in [7, 11) is 0. The van der Waals surface area contributed by atoms with Gasteiger partial charge in [0.15, 0.2) is 0 Å². The van der Waals surface area contributed by atoms with E-state index in [2.05, 4.69) is 10.6 Å². The Hall–Kier alpha value is -3.20. The molecule has 8 nitrogen and oxygen atoms in total. The van der Waals surface area contributed by atoms with Crippen LogP contribution in [0.15, 0.2) is 41.8 Å². The second-order valence-electron chi connectivity index (χ2n) is 8.10. The molecule has 3 heterocycles. The van der Waals surface area contributed by atoms with Crippen LogP contribution in [0.3, 0.4) is 0 Å². The van der Waals surface area contributed by atoms with Crippen LogP contribution in [-0.4, -0.2) is 52.3 Å². The first-order chi connectivity index (χ1) is 15.4. The number of amides is 3. The molecule has 3 amide bonds. The average Bonchev–Trinajstić information content (AvgIpc) is 3.26. The van der Waals surface area contributed by atoms with Crippen LogP contribution in [0.1, 0.15) is 41.3 Å². The van der Waals surface area contributed by atoms with Gasteiger partial charge in [-0.25, -0.2) is 0 Å². The molecule has 0 aliphatic carbocycles. The quantitative estimate of drug-likeness (QED) is 0.587. The minimum Gasteiger partial charge on any atom is -0.480 e. The van der Waals surface area contributed by atoms with Crippen LogP contribution >= 0.6 is 11.3 Å². The highest BCUT2D eigenvalue weighted by molar-refractivity contribution is 7.10. The van der Waals surface area contributed by atoms with Crippen LogP contribution in [0.25, 0.3) is 0 Å². The van der Waals surface area contributed by atoms with E-state index in [-0.39, 0.29) is 18.4 Å². The molecule has 3 N–H and O–H groups in total. The Balaban J connectivity index is 1.55. The largest absolute Gasteiger partial charge is 0.480 e. The Morgan fingerprint density at radius 2 is 1.97 bits per heavy atom. The van der Waals surface area contributed by atoms with Crippen molar-refractivity contribution in [2.24, 2.45) is 0 Å². The highest BCUT2D eigenvalue weighted by Gasteiger charge is 2.43. The zero-order chi connectivity index (χ0) is 22.7. The Kier molecular flexibility index (Phi) is 6.55. The minimum atomic E-state index is -1.16. The second kappa shape index (κ2) is 9.52. The summed E-state index contributed by atoms with van der Waals surface area (Å²) in [4.78, 5) is 52.6. The molecule has 2 aliphatic rings. The van der Waals surface area contributed by atoms with Gasteiger partial charge in [0.2, 0.25) is 17.7 Å². The molecule has 0 bridgehead atoms. The molecular formula is C23H25N3O5S. The molecule has 1 saturated heterocycles. The number of hydrogen-bond acceptors (Lipinski definition) is 5. The number of nitrogens with zero attached hydrogens (tertiary/aromatic N) is 1. The predicted octanol–water partition coefficient (Wildman–Crippen LogP) is 1.65. The van der Waals surface area contributed by atoms with Crippen LogP contribution in [0.2, 0.25) is 0 Å². The van der Waals surface area contributed by atoms with Gasteiger partial charge in [-0.05, 0) is 35.4 Å². The van der Waals surface area contributed by atoms with Gasteiger partial charge in [-0.3, -0.25) is 19.2 Å². The summed E-state index contributed by atoms with van der Waals surface area (Å²) >= 11 is 1.61. The summed E-state index contributed by atoms with van der Waals surface area (Å²) in [6.07, 6.45) is 2.64. The van der Waals surface area contributed by atoms with Gasteiger partial charge in [-0.1, -0.05) is 30.3 Å². The molecular weight excluding hydrogens is 430 g/mol. The van der Waals surface area contributed by atoms with E-state index in [1.807, 2.05) is 41.8 Å². The number of hydrogen-bond donors (Lipinski definition) is 3. The Labute approximate surface area is 189 Å². The average molecular weight is 456 g/mol. The molecule has 2 aromatic rings. The third-order valence-corrected chi connectivity index (χ3v) is 7.02. The van der Waals surface area contributed by atoms with Crippen molar-refractivity contribution in [3.63, 3.8) is 0 Å². The zero-order valence-corrected chi connectivity index (χ0v) is 18.3. The lowest BCUT2D eigenvalue weighted by Gasteiger charge is -2.44. The monoisotopic (exact) mass is 455 g/mol. The van der Waals surface area contributed by atoms with Gasteiger partial charge in [0.1, 0.15) is 18.6 Å². The van der Waals surface area contributed by atoms with Crippen LogP contribution in [-0.2, 0) is 32.0 Å². The molecule has 1 aromatic heterocycles. The predicted molar refractivity (Wildman–Crippen MR) is 118 cm³/mol. The first-order valence-corrected chi connectivity index (χ1v) is 11.5. The lowest BCUT2D eigenvalue weighted by Crippen LogP contribution is -2.59. The number of carboxylic acids is 1. The topological polar surface area (TPSA) is 116 Å². The van der Waals surface area contributed by atoms with E-state index in [1.165, 1.54) is 0 Å². The fraction of sp³-hybridized carbons (Fsp3) is 0.391. The smallest absolute Gasteiger partial charge is 0.322 e. The van der Waals surface area contributed by atoms with Gasteiger partial charge in [-0.15, -0.1) is 11.3 Å². The van der Waals surface area contributed by atoms with Crippen LogP contribution in [0.5, 0.6) is 0 Å². The molecule has 2 aliphatic heterocycles. The number of carbonyl (C=O) groups excluding carboxylic acids is 3. The molecule has 32 heavy (non-hydrogen) atoms. The van der Waals surface area contributed by atoms with Gasteiger partial charge in [0.25, 0.3) is 0 Å². The van der Waals surface area contributed by atoms with Gasteiger partial charge in [0, 0.05) is 24.1 Å². The van der Waals surface area contributed by atoms with Crippen molar-refractivity contribution in [1.29, 1.82) is 0 Å². The van der Waals surface area contributed by atoms with Gasteiger partial charge < -0.3 is 20.6 Å². The molecule has 0 saturated carbocycles. The molecule has 4 rings (SSSR count). The van der Waals surface area contributed by atoms with Crippen molar-refractivity contribution in [2.45, 2.75) is 50.2 Å².